The number of halogens is 2. The topological polar surface area (TPSA) is 284 Å². The Balaban J connectivity index is 0.000000256. The SMILES string of the molecule is CNC(=O)Oc1ccc2c(CNCC(=O)N(C)C)c(Cc3cccc(NS(=O)(=O)NC)c3F)c(=O)oc2c1.CNS(=O)(=O)Nc1cccc(Cc2c(CN3CCC(N(C)C)CC3)c3ccc(OC(=O)N(C)C)cc3oc2=O)c1F. The van der Waals surface area contributed by atoms with E-state index in [4.69, 9.17) is 18.3 Å². The number of nitrogens with zero attached hydrogens (tertiary/aromatic N) is 4. The molecule has 1 fully saturated rings. The van der Waals surface area contributed by atoms with E-state index in [1.165, 1.54) is 85.5 Å². The molecule has 27 heteroatoms. The maximum absolute atomic E-state index is 15.5. The van der Waals surface area contributed by atoms with Gasteiger partial charge in [0, 0.05) is 115 Å². The molecule has 0 radical (unpaired) electrons. The van der Waals surface area contributed by atoms with E-state index in [0.717, 1.165) is 25.9 Å². The minimum absolute atomic E-state index is 0.0261. The molecule has 6 aromatic rings. The van der Waals surface area contributed by atoms with E-state index >= 15 is 8.78 Å². The summed E-state index contributed by atoms with van der Waals surface area (Å²) < 4.78 is 108. The lowest BCUT2D eigenvalue weighted by molar-refractivity contribution is -0.127. The first-order valence-corrected chi connectivity index (χ1v) is 27.5. The summed E-state index contributed by atoms with van der Waals surface area (Å²) in [6.07, 6.45) is 0.311. The number of benzene rings is 4. The van der Waals surface area contributed by atoms with Gasteiger partial charge in [0.1, 0.15) is 22.7 Å². The first kappa shape index (κ1) is 60.7. The van der Waals surface area contributed by atoms with E-state index in [2.05, 4.69) is 48.7 Å². The second-order valence-corrected chi connectivity index (χ2v) is 22.0. The Morgan fingerprint density at radius 2 is 1.14 bits per heavy atom. The normalized spacial score (nSPS) is 13.2. The summed E-state index contributed by atoms with van der Waals surface area (Å²) in [5, 5.41) is 6.42. The van der Waals surface area contributed by atoms with Crippen LogP contribution in [0.2, 0.25) is 0 Å². The molecule has 0 atom stereocenters. The van der Waals surface area contributed by atoms with E-state index in [0.29, 0.717) is 34.5 Å². The number of likely N-dealkylation sites (N-methyl/N-ethyl adjacent to an activating group) is 1. The van der Waals surface area contributed by atoms with Crippen molar-refractivity contribution in [3.63, 3.8) is 0 Å². The number of carbonyl (C=O) groups is 3. The summed E-state index contributed by atoms with van der Waals surface area (Å²) in [4.78, 5) is 69.3. The van der Waals surface area contributed by atoms with E-state index < -0.39 is 55.5 Å². The maximum atomic E-state index is 15.5. The molecule has 6 N–H and O–H groups in total. The summed E-state index contributed by atoms with van der Waals surface area (Å²) in [7, 11) is 6.32. The number of likely N-dealkylation sites (tertiary alicyclic amines) is 1. The van der Waals surface area contributed by atoms with Crippen LogP contribution in [-0.4, -0.2) is 144 Å². The summed E-state index contributed by atoms with van der Waals surface area (Å²) in [5.41, 5.74) is 0.0986. The molecule has 1 saturated heterocycles. The number of nitrogens with one attached hydrogen (secondary N) is 6. The first-order chi connectivity index (χ1) is 37.3. The van der Waals surface area contributed by atoms with Crippen molar-refractivity contribution in [2.75, 3.05) is 92.5 Å². The number of hydrogen-bond acceptors (Lipinski definition) is 16. The predicted molar refractivity (Wildman–Crippen MR) is 294 cm³/mol. The number of carbonyl (C=O) groups excluding carboxylic acids is 3. The lowest BCUT2D eigenvalue weighted by Crippen LogP contribution is -2.41. The van der Waals surface area contributed by atoms with Crippen molar-refractivity contribution in [3.05, 3.63) is 139 Å². The Labute approximate surface area is 455 Å². The molecule has 3 amide bonds. The van der Waals surface area contributed by atoms with E-state index in [-0.39, 0.29) is 88.1 Å². The number of hydrogen-bond donors (Lipinski definition) is 6. The lowest BCUT2D eigenvalue weighted by atomic mass is 9.96. The Morgan fingerprint density at radius 3 is 1.59 bits per heavy atom. The molecule has 0 unspecified atom stereocenters. The second-order valence-electron chi connectivity index (χ2n) is 18.8. The number of fused-ring (bicyclic) bond motifs is 2. The largest absolute Gasteiger partial charge is 0.422 e. The Kier molecular flexibility index (Phi) is 20.3. The number of ether oxygens (including phenoxy) is 2. The zero-order valence-electron chi connectivity index (χ0n) is 45.0. The van der Waals surface area contributed by atoms with Gasteiger partial charge in [0.15, 0.2) is 11.6 Å². The number of amides is 3. The van der Waals surface area contributed by atoms with Crippen LogP contribution >= 0.6 is 0 Å². The van der Waals surface area contributed by atoms with Crippen LogP contribution in [0.5, 0.6) is 11.5 Å². The molecule has 4 aromatic carbocycles. The van der Waals surface area contributed by atoms with Gasteiger partial charge in [-0.2, -0.15) is 16.8 Å². The van der Waals surface area contributed by atoms with Crippen molar-refractivity contribution in [1.29, 1.82) is 0 Å². The van der Waals surface area contributed by atoms with Crippen LogP contribution in [0.25, 0.3) is 21.9 Å². The second kappa shape index (κ2) is 26.4. The number of rotatable bonds is 19. The number of anilines is 2. The highest BCUT2D eigenvalue weighted by Gasteiger charge is 2.26. The maximum Gasteiger partial charge on any atom is 0.414 e. The van der Waals surface area contributed by atoms with E-state index in [1.54, 1.807) is 46.4 Å². The molecule has 1 aliphatic heterocycles. The van der Waals surface area contributed by atoms with Crippen LogP contribution in [-0.2, 0) is 51.1 Å². The molecule has 0 spiro atoms. The van der Waals surface area contributed by atoms with Gasteiger partial charge in [-0.15, -0.1) is 0 Å². The van der Waals surface area contributed by atoms with Gasteiger partial charge in [-0.1, -0.05) is 24.3 Å². The predicted octanol–water partition coefficient (Wildman–Crippen LogP) is 4.28. The van der Waals surface area contributed by atoms with Crippen LogP contribution in [0.1, 0.15) is 46.2 Å². The summed E-state index contributed by atoms with van der Waals surface area (Å²) in [6, 6.07) is 18.2. The molecule has 0 bridgehead atoms. The van der Waals surface area contributed by atoms with Gasteiger partial charge in [-0.05, 0) is 98.7 Å². The van der Waals surface area contributed by atoms with Crippen LogP contribution < -0.4 is 50.2 Å². The first-order valence-electron chi connectivity index (χ1n) is 24.6. The fourth-order valence-corrected chi connectivity index (χ4v) is 9.52. The van der Waals surface area contributed by atoms with Gasteiger partial charge in [-0.25, -0.2) is 37.4 Å². The third-order valence-electron chi connectivity index (χ3n) is 12.8. The van der Waals surface area contributed by atoms with Gasteiger partial charge in [0.25, 0.3) is 20.4 Å². The van der Waals surface area contributed by atoms with Crippen molar-refractivity contribution in [2.45, 2.75) is 44.8 Å². The van der Waals surface area contributed by atoms with Crippen molar-refractivity contribution in [3.8, 4) is 11.5 Å². The Morgan fingerprint density at radius 1 is 0.658 bits per heavy atom. The zero-order chi connectivity index (χ0) is 57.9. The zero-order valence-corrected chi connectivity index (χ0v) is 46.7. The molecule has 2 aromatic heterocycles. The van der Waals surface area contributed by atoms with Gasteiger partial charge in [-0.3, -0.25) is 19.1 Å². The molecule has 0 aliphatic carbocycles. The van der Waals surface area contributed by atoms with Crippen molar-refractivity contribution < 1.29 is 58.3 Å². The molecule has 7 rings (SSSR count). The average molecular weight is 1140 g/mol. The van der Waals surface area contributed by atoms with E-state index in [9.17, 15) is 40.8 Å². The van der Waals surface area contributed by atoms with E-state index in [1.807, 2.05) is 4.72 Å². The van der Waals surface area contributed by atoms with Gasteiger partial charge < -0.3 is 43.6 Å². The Bertz CT molecular complexity index is 3570. The van der Waals surface area contributed by atoms with Crippen LogP contribution in [0, 0.1) is 11.6 Å². The molecule has 23 nitrogen and oxygen atoms in total. The number of piperidine rings is 1. The summed E-state index contributed by atoms with van der Waals surface area (Å²) in [5.74, 6) is -1.49. The van der Waals surface area contributed by atoms with Crippen LogP contribution in [0.15, 0.2) is 91.2 Å². The quantitative estimate of drug-likeness (QED) is 0.0618. The van der Waals surface area contributed by atoms with Gasteiger partial charge in [0.2, 0.25) is 5.91 Å². The van der Waals surface area contributed by atoms with Crippen LogP contribution in [0.4, 0.5) is 29.7 Å². The fourth-order valence-electron chi connectivity index (χ4n) is 8.42. The molecular weight excluding hydrogens is 1070 g/mol. The standard InChI is InChI=1S/C28H36FN5O6S.C24H28FN5O7S/c1-30-41(37,38)31-24-8-6-7-18(26(24)29)15-22-23(17-34-13-11-19(12-14-34)32(2)3)21-10-9-20(39-28(36)33(4)5)16-25(21)40-27(22)35;1-26-24(33)36-15-8-9-16-18(12-28-13-21(31)30(3)4)17(23(32)37-20(16)11-15)10-14-6-5-7-19(22(14)25)29-38(34,35)27-2/h6-10,16,19,30-31H,11-15,17H2,1-5H3;5-9,11,27-29H,10,12-13H2,1-4H3,(H,26,33). The Hall–Kier alpha value is -7.53. The summed E-state index contributed by atoms with van der Waals surface area (Å²) >= 11 is 0. The molecule has 0 saturated carbocycles. The third kappa shape index (κ3) is 15.8. The third-order valence-corrected chi connectivity index (χ3v) is 14.9. The molecular formula is C52H64F2N10O13S2. The molecule has 3 heterocycles. The minimum atomic E-state index is -3.98. The highest BCUT2D eigenvalue weighted by atomic mass is 32.2. The highest BCUT2D eigenvalue weighted by molar-refractivity contribution is 7.91. The summed E-state index contributed by atoms with van der Waals surface area (Å²) in [6.45, 7) is 2.10. The minimum Gasteiger partial charge on any atom is -0.422 e. The van der Waals surface area contributed by atoms with Gasteiger partial charge >= 0.3 is 23.4 Å². The van der Waals surface area contributed by atoms with Crippen molar-refractivity contribution in [1.82, 2.24) is 39.7 Å². The molecule has 426 valence electrons. The van der Waals surface area contributed by atoms with Crippen molar-refractivity contribution in [2.24, 2.45) is 0 Å². The average Bonchev–Trinajstić information content (AvgIpc) is 3.42. The smallest absolute Gasteiger partial charge is 0.414 e. The monoisotopic (exact) mass is 1140 g/mol. The highest BCUT2D eigenvalue weighted by Crippen LogP contribution is 2.31. The van der Waals surface area contributed by atoms with Crippen LogP contribution in [0.3, 0.4) is 0 Å². The molecule has 79 heavy (non-hydrogen) atoms. The van der Waals surface area contributed by atoms with Crippen molar-refractivity contribution >= 4 is 71.8 Å². The van der Waals surface area contributed by atoms with Gasteiger partial charge in [0.05, 0.1) is 17.9 Å². The lowest BCUT2D eigenvalue weighted by Gasteiger charge is -2.35. The molecule has 1 aliphatic rings. The fraction of sp³-hybridized carbons (Fsp3) is 0.365.